The number of halogens is 1. The van der Waals surface area contributed by atoms with Crippen LogP contribution in [0.5, 0.6) is 5.75 Å². The van der Waals surface area contributed by atoms with Crippen LogP contribution in [0.2, 0.25) is 0 Å². The lowest BCUT2D eigenvalue weighted by Gasteiger charge is -2.04. The van der Waals surface area contributed by atoms with Gasteiger partial charge in [-0.1, -0.05) is 6.07 Å². The van der Waals surface area contributed by atoms with E-state index in [0.29, 0.717) is 17.9 Å². The summed E-state index contributed by atoms with van der Waals surface area (Å²) in [5, 5.41) is 8.37. The van der Waals surface area contributed by atoms with Crippen molar-refractivity contribution in [2.75, 3.05) is 6.61 Å². The fourth-order valence-electron chi connectivity index (χ4n) is 1.01. The number of benzene rings is 1. The van der Waals surface area contributed by atoms with E-state index in [-0.39, 0.29) is 12.2 Å². The molecule has 1 rings (SSSR count). The zero-order valence-electron chi connectivity index (χ0n) is 7.38. The second-order valence-electron chi connectivity index (χ2n) is 2.52. The van der Waals surface area contributed by atoms with Crippen LogP contribution in [0.15, 0.2) is 18.2 Å². The van der Waals surface area contributed by atoms with Crippen molar-refractivity contribution in [3.8, 4) is 11.8 Å². The molecule has 0 saturated heterocycles. The molecule has 1 aromatic carbocycles. The van der Waals surface area contributed by atoms with Crippen LogP contribution in [-0.4, -0.2) is 6.61 Å². The minimum Gasteiger partial charge on any atom is -0.494 e. The van der Waals surface area contributed by atoms with Gasteiger partial charge < -0.3 is 4.74 Å². The van der Waals surface area contributed by atoms with E-state index in [0.717, 1.165) is 0 Å². The normalized spacial score (nSPS) is 9.31. The Hall–Kier alpha value is -1.56. The van der Waals surface area contributed by atoms with E-state index in [1.165, 1.54) is 6.07 Å². The maximum atomic E-state index is 13.1. The molecule has 0 unspecified atom stereocenters. The van der Waals surface area contributed by atoms with Gasteiger partial charge in [-0.25, -0.2) is 4.39 Å². The molecular formula is C10H10FNO. The van der Waals surface area contributed by atoms with E-state index < -0.39 is 0 Å². The molecule has 0 bridgehead atoms. The molecule has 0 aromatic heterocycles. The summed E-state index contributed by atoms with van der Waals surface area (Å²) in [5.41, 5.74) is 0.408. The van der Waals surface area contributed by atoms with Crippen LogP contribution in [0.1, 0.15) is 12.5 Å². The topological polar surface area (TPSA) is 33.0 Å². The van der Waals surface area contributed by atoms with Crippen LogP contribution < -0.4 is 4.74 Å². The molecule has 0 amide bonds. The van der Waals surface area contributed by atoms with Crippen molar-refractivity contribution in [2.24, 2.45) is 0 Å². The molecule has 13 heavy (non-hydrogen) atoms. The number of ether oxygens (including phenoxy) is 1. The van der Waals surface area contributed by atoms with Crippen molar-refractivity contribution in [1.29, 1.82) is 5.26 Å². The molecule has 3 heteroatoms. The lowest BCUT2D eigenvalue weighted by molar-refractivity contribution is 0.338. The smallest absolute Gasteiger partial charge is 0.131 e. The lowest BCUT2D eigenvalue weighted by Crippen LogP contribution is -1.94. The zero-order chi connectivity index (χ0) is 9.68. The summed E-state index contributed by atoms with van der Waals surface area (Å²) in [5.74, 6) is 0.120. The Balaban J connectivity index is 2.86. The third-order valence-electron chi connectivity index (χ3n) is 1.61. The van der Waals surface area contributed by atoms with Crippen LogP contribution in [-0.2, 0) is 6.42 Å². The average Bonchev–Trinajstić information content (AvgIpc) is 2.10. The number of hydrogen-bond donors (Lipinski definition) is 0. The summed E-state index contributed by atoms with van der Waals surface area (Å²) >= 11 is 0. The highest BCUT2D eigenvalue weighted by molar-refractivity contribution is 5.30. The van der Waals surface area contributed by atoms with Gasteiger partial charge in [-0.2, -0.15) is 5.26 Å². The van der Waals surface area contributed by atoms with Gasteiger partial charge in [0.15, 0.2) is 0 Å². The van der Waals surface area contributed by atoms with Crippen molar-refractivity contribution in [1.82, 2.24) is 0 Å². The Morgan fingerprint density at radius 2 is 2.31 bits per heavy atom. The third-order valence-corrected chi connectivity index (χ3v) is 1.61. The predicted octanol–water partition coefficient (Wildman–Crippen LogP) is 2.29. The van der Waals surface area contributed by atoms with E-state index in [4.69, 9.17) is 10.00 Å². The Bertz CT molecular complexity index is 330. The minimum absolute atomic E-state index is 0.0955. The van der Waals surface area contributed by atoms with Crippen LogP contribution in [0.4, 0.5) is 4.39 Å². The highest BCUT2D eigenvalue weighted by atomic mass is 19.1. The highest BCUT2D eigenvalue weighted by Gasteiger charge is 2.02. The Morgan fingerprint density at radius 1 is 1.54 bits per heavy atom. The molecule has 1 aromatic rings. The lowest BCUT2D eigenvalue weighted by atomic mass is 10.1. The van der Waals surface area contributed by atoms with Crippen LogP contribution >= 0.6 is 0 Å². The highest BCUT2D eigenvalue weighted by Crippen LogP contribution is 2.16. The van der Waals surface area contributed by atoms with Gasteiger partial charge in [0.2, 0.25) is 0 Å². The molecule has 0 aliphatic rings. The largest absolute Gasteiger partial charge is 0.494 e. The van der Waals surface area contributed by atoms with Gasteiger partial charge in [-0.3, -0.25) is 0 Å². The van der Waals surface area contributed by atoms with Crippen molar-refractivity contribution in [3.63, 3.8) is 0 Å². The minimum atomic E-state index is -0.382. The van der Waals surface area contributed by atoms with Crippen molar-refractivity contribution >= 4 is 0 Å². The summed E-state index contributed by atoms with van der Waals surface area (Å²) in [6.45, 7) is 2.35. The summed E-state index contributed by atoms with van der Waals surface area (Å²) in [4.78, 5) is 0. The van der Waals surface area contributed by atoms with Gasteiger partial charge in [0.25, 0.3) is 0 Å². The summed E-state index contributed by atoms with van der Waals surface area (Å²) < 4.78 is 18.2. The fraction of sp³-hybridized carbons (Fsp3) is 0.300. The van der Waals surface area contributed by atoms with E-state index in [1.54, 1.807) is 12.1 Å². The predicted molar refractivity (Wildman–Crippen MR) is 46.9 cm³/mol. The molecule has 0 heterocycles. The van der Waals surface area contributed by atoms with E-state index >= 15 is 0 Å². The van der Waals surface area contributed by atoms with E-state index in [1.807, 2.05) is 13.0 Å². The zero-order valence-corrected chi connectivity index (χ0v) is 7.38. The quantitative estimate of drug-likeness (QED) is 0.713. The SMILES string of the molecule is CCOc1ccc(CC#N)c(F)c1. The second kappa shape index (κ2) is 4.46. The molecule has 0 spiro atoms. The van der Waals surface area contributed by atoms with Gasteiger partial charge >= 0.3 is 0 Å². The number of hydrogen-bond acceptors (Lipinski definition) is 2. The first-order chi connectivity index (χ1) is 6.27. The standard InChI is InChI=1S/C10H10FNO/c1-2-13-9-4-3-8(5-6-12)10(11)7-9/h3-4,7H,2,5H2,1H3. The number of nitriles is 1. The van der Waals surface area contributed by atoms with Crippen LogP contribution in [0, 0.1) is 17.1 Å². The fourth-order valence-corrected chi connectivity index (χ4v) is 1.01. The van der Waals surface area contributed by atoms with E-state index in [9.17, 15) is 4.39 Å². The summed E-state index contributed by atoms with van der Waals surface area (Å²) in [6, 6.07) is 6.44. The molecule has 0 N–H and O–H groups in total. The second-order valence-corrected chi connectivity index (χ2v) is 2.52. The number of rotatable bonds is 3. The molecule has 0 atom stereocenters. The van der Waals surface area contributed by atoms with Crippen molar-refractivity contribution in [2.45, 2.75) is 13.3 Å². The molecule has 2 nitrogen and oxygen atoms in total. The molecule has 0 saturated carbocycles. The van der Waals surface area contributed by atoms with Crippen molar-refractivity contribution < 1.29 is 9.13 Å². The van der Waals surface area contributed by atoms with E-state index in [2.05, 4.69) is 0 Å². The van der Waals surface area contributed by atoms with Crippen molar-refractivity contribution in [3.05, 3.63) is 29.6 Å². The van der Waals surface area contributed by atoms with Gasteiger partial charge in [-0.05, 0) is 13.0 Å². The first-order valence-electron chi connectivity index (χ1n) is 4.06. The first kappa shape index (κ1) is 9.53. The Kier molecular flexibility index (Phi) is 3.27. The van der Waals surface area contributed by atoms with Gasteiger partial charge in [0, 0.05) is 11.6 Å². The van der Waals surface area contributed by atoms with Gasteiger partial charge in [-0.15, -0.1) is 0 Å². The third kappa shape index (κ3) is 2.45. The molecule has 0 aliphatic carbocycles. The molecule has 0 radical (unpaired) electrons. The summed E-state index contributed by atoms with van der Waals surface area (Å²) in [7, 11) is 0. The Labute approximate surface area is 76.6 Å². The maximum absolute atomic E-state index is 13.1. The molecule has 0 fully saturated rings. The Morgan fingerprint density at radius 3 is 2.85 bits per heavy atom. The average molecular weight is 179 g/mol. The monoisotopic (exact) mass is 179 g/mol. The molecule has 68 valence electrons. The van der Waals surface area contributed by atoms with Gasteiger partial charge in [0.1, 0.15) is 11.6 Å². The molecule has 0 aliphatic heterocycles. The van der Waals surface area contributed by atoms with Crippen LogP contribution in [0.25, 0.3) is 0 Å². The first-order valence-corrected chi connectivity index (χ1v) is 4.06. The van der Waals surface area contributed by atoms with Crippen LogP contribution in [0.3, 0.4) is 0 Å². The maximum Gasteiger partial charge on any atom is 0.131 e. The van der Waals surface area contributed by atoms with Gasteiger partial charge in [0.05, 0.1) is 19.1 Å². The molecular weight excluding hydrogens is 169 g/mol. The summed E-state index contributed by atoms with van der Waals surface area (Å²) in [6.07, 6.45) is 0.0955. The number of nitrogens with zero attached hydrogens (tertiary/aromatic N) is 1.